The predicted octanol–water partition coefficient (Wildman–Crippen LogP) is 2.67. The number of benzene rings is 1. The first-order chi connectivity index (χ1) is 9.10. The van der Waals surface area contributed by atoms with E-state index in [4.69, 9.17) is 0 Å². The van der Waals surface area contributed by atoms with Gasteiger partial charge in [-0.25, -0.2) is 0 Å². The molecule has 1 aromatic heterocycles. The van der Waals surface area contributed by atoms with E-state index in [-0.39, 0.29) is 11.8 Å². The van der Waals surface area contributed by atoms with E-state index in [0.29, 0.717) is 16.1 Å². The fourth-order valence-corrected chi connectivity index (χ4v) is 2.39. The molecule has 0 fully saturated rings. The summed E-state index contributed by atoms with van der Waals surface area (Å²) in [6.45, 7) is 1.95. The summed E-state index contributed by atoms with van der Waals surface area (Å²) in [6, 6.07) is 10.5. The van der Waals surface area contributed by atoms with Gasteiger partial charge in [0.15, 0.2) is 0 Å². The van der Waals surface area contributed by atoms with Crippen molar-refractivity contribution in [1.29, 1.82) is 0 Å². The van der Waals surface area contributed by atoms with Crippen LogP contribution >= 0.6 is 11.3 Å². The highest BCUT2D eigenvalue weighted by molar-refractivity contribution is 7.14. The van der Waals surface area contributed by atoms with Crippen LogP contribution in [0.2, 0.25) is 0 Å². The van der Waals surface area contributed by atoms with Crippen LogP contribution in [0.4, 0.5) is 5.69 Å². The Hall–Kier alpha value is -2.14. The van der Waals surface area contributed by atoms with Gasteiger partial charge in [0.25, 0.3) is 11.8 Å². The molecule has 0 radical (unpaired) electrons. The first kappa shape index (κ1) is 13.3. The minimum atomic E-state index is -0.178. The summed E-state index contributed by atoms with van der Waals surface area (Å²) < 4.78 is 0. The Bertz CT molecular complexity index is 619. The van der Waals surface area contributed by atoms with E-state index in [1.807, 2.05) is 13.0 Å². The number of amides is 2. The molecule has 0 saturated heterocycles. The maximum absolute atomic E-state index is 12.0. The monoisotopic (exact) mass is 274 g/mol. The Morgan fingerprint density at radius 2 is 1.89 bits per heavy atom. The van der Waals surface area contributed by atoms with E-state index in [9.17, 15) is 9.59 Å². The third kappa shape index (κ3) is 3.20. The Morgan fingerprint density at radius 3 is 2.53 bits per heavy atom. The van der Waals surface area contributed by atoms with Gasteiger partial charge in [-0.3, -0.25) is 9.59 Å². The highest BCUT2D eigenvalue weighted by Gasteiger charge is 2.09. The van der Waals surface area contributed by atoms with Crippen LogP contribution in [0.5, 0.6) is 0 Å². The number of carbonyl (C=O) groups is 2. The maximum Gasteiger partial charge on any atom is 0.265 e. The minimum absolute atomic E-state index is 0.160. The van der Waals surface area contributed by atoms with Crippen molar-refractivity contribution in [1.82, 2.24) is 5.32 Å². The van der Waals surface area contributed by atoms with E-state index in [1.165, 1.54) is 11.3 Å². The molecule has 0 aliphatic heterocycles. The Morgan fingerprint density at radius 1 is 1.11 bits per heavy atom. The van der Waals surface area contributed by atoms with Crippen LogP contribution in [-0.4, -0.2) is 18.9 Å². The standard InChI is InChI=1S/C14H14N2O2S/c1-9-6-7-12(19-9)14(18)16-11-5-3-4-10(8-11)13(17)15-2/h3-8H,1-2H3,(H,15,17)(H,16,18). The molecule has 2 N–H and O–H groups in total. The molecular weight excluding hydrogens is 260 g/mol. The Labute approximate surface area is 115 Å². The molecule has 1 aromatic carbocycles. The van der Waals surface area contributed by atoms with Gasteiger partial charge < -0.3 is 10.6 Å². The number of nitrogens with one attached hydrogen (secondary N) is 2. The van der Waals surface area contributed by atoms with Crippen LogP contribution in [0.1, 0.15) is 24.9 Å². The van der Waals surface area contributed by atoms with Crippen molar-refractivity contribution in [3.8, 4) is 0 Å². The third-order valence-electron chi connectivity index (χ3n) is 2.57. The Kier molecular flexibility index (Phi) is 3.97. The summed E-state index contributed by atoms with van der Waals surface area (Å²) in [5.74, 6) is -0.338. The number of thiophene rings is 1. The largest absolute Gasteiger partial charge is 0.355 e. The van der Waals surface area contributed by atoms with Crippen LogP contribution < -0.4 is 10.6 Å². The summed E-state index contributed by atoms with van der Waals surface area (Å²) in [4.78, 5) is 25.2. The lowest BCUT2D eigenvalue weighted by molar-refractivity contribution is 0.0961. The lowest BCUT2D eigenvalue weighted by Crippen LogP contribution is -2.18. The summed E-state index contributed by atoms with van der Waals surface area (Å²) in [7, 11) is 1.57. The second-order valence-corrected chi connectivity index (χ2v) is 5.31. The quantitative estimate of drug-likeness (QED) is 0.904. The van der Waals surface area contributed by atoms with E-state index in [1.54, 1.807) is 37.4 Å². The second kappa shape index (κ2) is 5.67. The average molecular weight is 274 g/mol. The lowest BCUT2D eigenvalue weighted by Gasteiger charge is -2.05. The van der Waals surface area contributed by atoms with E-state index in [0.717, 1.165) is 4.88 Å². The number of rotatable bonds is 3. The molecule has 0 spiro atoms. The SMILES string of the molecule is CNC(=O)c1cccc(NC(=O)c2ccc(C)s2)c1. The van der Waals surface area contributed by atoms with Crippen molar-refractivity contribution in [3.63, 3.8) is 0 Å². The van der Waals surface area contributed by atoms with Crippen LogP contribution in [0.15, 0.2) is 36.4 Å². The number of hydrogen-bond acceptors (Lipinski definition) is 3. The molecule has 0 saturated carbocycles. The third-order valence-corrected chi connectivity index (χ3v) is 3.57. The van der Waals surface area contributed by atoms with Crippen molar-refractivity contribution in [3.05, 3.63) is 51.7 Å². The fourth-order valence-electron chi connectivity index (χ4n) is 1.63. The molecule has 2 amide bonds. The molecule has 0 atom stereocenters. The van der Waals surface area contributed by atoms with Gasteiger partial charge in [-0.05, 0) is 37.3 Å². The smallest absolute Gasteiger partial charge is 0.265 e. The van der Waals surface area contributed by atoms with Crippen LogP contribution in [0.25, 0.3) is 0 Å². The van der Waals surface area contributed by atoms with Crippen LogP contribution in [-0.2, 0) is 0 Å². The molecule has 0 aliphatic carbocycles. The molecule has 19 heavy (non-hydrogen) atoms. The van der Waals surface area contributed by atoms with E-state index >= 15 is 0 Å². The molecule has 1 heterocycles. The minimum Gasteiger partial charge on any atom is -0.355 e. The normalized spacial score (nSPS) is 10.0. The molecule has 98 valence electrons. The van der Waals surface area contributed by atoms with Gasteiger partial charge >= 0.3 is 0 Å². The first-order valence-electron chi connectivity index (χ1n) is 5.80. The zero-order chi connectivity index (χ0) is 13.8. The van der Waals surface area contributed by atoms with Gasteiger partial charge in [-0.15, -0.1) is 11.3 Å². The van der Waals surface area contributed by atoms with Crippen LogP contribution in [0.3, 0.4) is 0 Å². The topological polar surface area (TPSA) is 58.2 Å². The average Bonchev–Trinajstić information content (AvgIpc) is 2.85. The van der Waals surface area contributed by atoms with Crippen molar-refractivity contribution in [2.24, 2.45) is 0 Å². The second-order valence-electron chi connectivity index (χ2n) is 4.02. The number of aryl methyl sites for hydroxylation is 1. The highest BCUT2D eigenvalue weighted by Crippen LogP contribution is 2.18. The molecule has 2 rings (SSSR count). The summed E-state index contributed by atoms with van der Waals surface area (Å²) in [6.07, 6.45) is 0. The number of anilines is 1. The zero-order valence-corrected chi connectivity index (χ0v) is 11.5. The van der Waals surface area contributed by atoms with Gasteiger partial charge in [0.1, 0.15) is 0 Å². The molecule has 5 heteroatoms. The zero-order valence-electron chi connectivity index (χ0n) is 10.7. The molecule has 0 bridgehead atoms. The van der Waals surface area contributed by atoms with Crippen molar-refractivity contribution in [2.45, 2.75) is 6.92 Å². The van der Waals surface area contributed by atoms with Gasteiger partial charge in [0, 0.05) is 23.2 Å². The number of carbonyl (C=O) groups excluding carboxylic acids is 2. The summed E-state index contributed by atoms with van der Waals surface area (Å²) >= 11 is 1.44. The van der Waals surface area contributed by atoms with E-state index in [2.05, 4.69) is 10.6 Å². The molecule has 4 nitrogen and oxygen atoms in total. The maximum atomic E-state index is 12.0. The predicted molar refractivity (Wildman–Crippen MR) is 76.8 cm³/mol. The van der Waals surface area contributed by atoms with Crippen molar-refractivity contribution >= 4 is 28.8 Å². The van der Waals surface area contributed by atoms with Crippen molar-refractivity contribution < 1.29 is 9.59 Å². The first-order valence-corrected chi connectivity index (χ1v) is 6.62. The fraction of sp³-hybridized carbons (Fsp3) is 0.143. The molecular formula is C14H14N2O2S. The van der Waals surface area contributed by atoms with E-state index < -0.39 is 0 Å². The van der Waals surface area contributed by atoms with Gasteiger partial charge in [0.05, 0.1) is 4.88 Å². The highest BCUT2D eigenvalue weighted by atomic mass is 32.1. The molecule has 0 unspecified atom stereocenters. The van der Waals surface area contributed by atoms with Crippen LogP contribution in [0, 0.1) is 6.92 Å². The lowest BCUT2D eigenvalue weighted by atomic mass is 10.2. The van der Waals surface area contributed by atoms with Gasteiger partial charge in [-0.1, -0.05) is 6.07 Å². The van der Waals surface area contributed by atoms with Gasteiger partial charge in [-0.2, -0.15) is 0 Å². The van der Waals surface area contributed by atoms with Crippen molar-refractivity contribution in [2.75, 3.05) is 12.4 Å². The number of hydrogen-bond donors (Lipinski definition) is 2. The molecule has 0 aliphatic rings. The Balaban J connectivity index is 2.15. The molecule has 2 aromatic rings. The van der Waals surface area contributed by atoms with Gasteiger partial charge in [0.2, 0.25) is 0 Å². The summed E-state index contributed by atoms with van der Waals surface area (Å²) in [5.41, 5.74) is 1.12. The summed E-state index contributed by atoms with van der Waals surface area (Å²) in [5, 5.41) is 5.33.